The minimum Gasteiger partial charge on any atom is -0.472 e. The summed E-state index contributed by atoms with van der Waals surface area (Å²) in [5.74, 6) is 0.524. The third-order valence-electron chi connectivity index (χ3n) is 2.77. The largest absolute Gasteiger partial charge is 0.472 e. The molecule has 0 amide bonds. The van der Waals surface area contributed by atoms with E-state index in [-0.39, 0.29) is 6.61 Å². The maximum Gasteiger partial charge on any atom is 0.220 e. The summed E-state index contributed by atoms with van der Waals surface area (Å²) in [7, 11) is 0. The van der Waals surface area contributed by atoms with Crippen molar-refractivity contribution in [2.45, 2.75) is 25.0 Å². The van der Waals surface area contributed by atoms with Crippen molar-refractivity contribution in [3.05, 3.63) is 53.2 Å². The standard InChI is InChI=1S/C15H17NO2S/c1-11-8-14(19-2)13(9-17)15(16-11)18-10-12-6-4-3-5-7-12/h3-8,17H,9-10H2,1-2H3. The summed E-state index contributed by atoms with van der Waals surface area (Å²) < 4.78 is 5.75. The summed E-state index contributed by atoms with van der Waals surface area (Å²) in [5, 5.41) is 9.49. The number of rotatable bonds is 5. The van der Waals surface area contributed by atoms with Crippen molar-refractivity contribution in [2.24, 2.45) is 0 Å². The number of thioether (sulfide) groups is 1. The van der Waals surface area contributed by atoms with Crippen LogP contribution < -0.4 is 4.74 Å². The molecule has 4 heteroatoms. The van der Waals surface area contributed by atoms with Crippen LogP contribution in [0.2, 0.25) is 0 Å². The fourth-order valence-corrected chi connectivity index (χ4v) is 2.50. The average Bonchev–Trinajstić information content (AvgIpc) is 2.45. The number of aromatic nitrogens is 1. The van der Waals surface area contributed by atoms with Crippen molar-refractivity contribution in [1.29, 1.82) is 0 Å². The Morgan fingerprint density at radius 2 is 2.00 bits per heavy atom. The Morgan fingerprint density at radius 1 is 1.26 bits per heavy atom. The van der Waals surface area contributed by atoms with Gasteiger partial charge in [-0.2, -0.15) is 0 Å². The number of benzene rings is 1. The second kappa shape index (κ2) is 6.59. The molecule has 19 heavy (non-hydrogen) atoms. The Morgan fingerprint density at radius 3 is 2.63 bits per heavy atom. The van der Waals surface area contributed by atoms with Crippen LogP contribution in [0.15, 0.2) is 41.3 Å². The molecule has 2 aromatic rings. The molecule has 1 N–H and O–H groups in total. The van der Waals surface area contributed by atoms with Gasteiger partial charge >= 0.3 is 0 Å². The average molecular weight is 275 g/mol. The highest BCUT2D eigenvalue weighted by atomic mass is 32.2. The van der Waals surface area contributed by atoms with E-state index in [1.165, 1.54) is 0 Å². The summed E-state index contributed by atoms with van der Waals surface area (Å²) in [6.45, 7) is 2.32. The van der Waals surface area contributed by atoms with Gasteiger partial charge in [-0.05, 0) is 24.8 Å². The van der Waals surface area contributed by atoms with Gasteiger partial charge in [0.15, 0.2) is 0 Å². The van der Waals surface area contributed by atoms with Crippen LogP contribution in [0.5, 0.6) is 5.88 Å². The zero-order chi connectivity index (χ0) is 13.7. The molecule has 0 aliphatic carbocycles. The number of ether oxygens (including phenoxy) is 1. The Balaban J connectivity index is 2.22. The highest BCUT2D eigenvalue weighted by Crippen LogP contribution is 2.28. The normalized spacial score (nSPS) is 10.5. The van der Waals surface area contributed by atoms with Gasteiger partial charge in [-0.3, -0.25) is 0 Å². The molecule has 0 spiro atoms. The van der Waals surface area contributed by atoms with Gasteiger partial charge in [0.2, 0.25) is 5.88 Å². The topological polar surface area (TPSA) is 42.4 Å². The first-order chi connectivity index (χ1) is 9.24. The van der Waals surface area contributed by atoms with Gasteiger partial charge in [-0.15, -0.1) is 11.8 Å². The third-order valence-corrected chi connectivity index (χ3v) is 3.57. The zero-order valence-electron chi connectivity index (χ0n) is 11.1. The number of aryl methyl sites for hydroxylation is 1. The highest BCUT2D eigenvalue weighted by molar-refractivity contribution is 7.98. The van der Waals surface area contributed by atoms with Crippen molar-refractivity contribution in [2.75, 3.05) is 6.26 Å². The van der Waals surface area contributed by atoms with Crippen LogP contribution in [-0.2, 0) is 13.2 Å². The van der Waals surface area contributed by atoms with Crippen LogP contribution in [0, 0.1) is 6.92 Å². The molecule has 3 nitrogen and oxygen atoms in total. The molecule has 0 fully saturated rings. The molecule has 100 valence electrons. The predicted molar refractivity (Wildman–Crippen MR) is 77.5 cm³/mol. The van der Waals surface area contributed by atoms with E-state index < -0.39 is 0 Å². The summed E-state index contributed by atoms with van der Waals surface area (Å²) in [5.41, 5.74) is 2.74. The van der Waals surface area contributed by atoms with Gasteiger partial charge in [0.05, 0.1) is 12.2 Å². The van der Waals surface area contributed by atoms with E-state index in [2.05, 4.69) is 4.98 Å². The van der Waals surface area contributed by atoms with E-state index in [0.29, 0.717) is 12.5 Å². The highest BCUT2D eigenvalue weighted by Gasteiger charge is 2.11. The zero-order valence-corrected chi connectivity index (χ0v) is 11.9. The van der Waals surface area contributed by atoms with Crippen LogP contribution in [0.4, 0.5) is 0 Å². The van der Waals surface area contributed by atoms with Crippen molar-refractivity contribution in [1.82, 2.24) is 4.98 Å². The minimum absolute atomic E-state index is 0.0619. The summed E-state index contributed by atoms with van der Waals surface area (Å²) in [4.78, 5) is 5.38. The summed E-state index contributed by atoms with van der Waals surface area (Å²) >= 11 is 1.59. The second-order valence-electron chi connectivity index (χ2n) is 4.18. The van der Waals surface area contributed by atoms with Gasteiger partial charge in [0.25, 0.3) is 0 Å². The van der Waals surface area contributed by atoms with Crippen molar-refractivity contribution < 1.29 is 9.84 Å². The van der Waals surface area contributed by atoms with E-state index >= 15 is 0 Å². The van der Waals surface area contributed by atoms with Crippen LogP contribution in [0.1, 0.15) is 16.8 Å². The Bertz CT molecular complexity index is 543. The van der Waals surface area contributed by atoms with Crippen molar-refractivity contribution >= 4 is 11.8 Å². The van der Waals surface area contributed by atoms with Crippen LogP contribution in [0.25, 0.3) is 0 Å². The summed E-state index contributed by atoms with van der Waals surface area (Å²) in [6, 6.07) is 11.9. The van der Waals surface area contributed by atoms with Gasteiger partial charge in [-0.25, -0.2) is 4.98 Å². The SMILES string of the molecule is CSc1cc(C)nc(OCc2ccccc2)c1CO. The first-order valence-corrected chi connectivity index (χ1v) is 7.29. The molecule has 0 saturated heterocycles. The number of hydrogen-bond donors (Lipinski definition) is 1. The molecule has 0 unspecified atom stereocenters. The lowest BCUT2D eigenvalue weighted by molar-refractivity contribution is 0.249. The maximum absolute atomic E-state index is 9.49. The number of nitrogens with zero attached hydrogens (tertiary/aromatic N) is 1. The lowest BCUT2D eigenvalue weighted by Gasteiger charge is -2.13. The molecule has 0 atom stereocenters. The Kier molecular flexibility index (Phi) is 4.82. The first-order valence-electron chi connectivity index (χ1n) is 6.06. The van der Waals surface area contributed by atoms with Crippen LogP contribution >= 0.6 is 11.8 Å². The monoisotopic (exact) mass is 275 g/mol. The van der Waals surface area contributed by atoms with E-state index in [1.54, 1.807) is 11.8 Å². The third kappa shape index (κ3) is 3.49. The molecule has 0 bridgehead atoms. The second-order valence-corrected chi connectivity index (χ2v) is 5.03. The molecule has 1 aromatic carbocycles. The van der Waals surface area contributed by atoms with E-state index in [1.807, 2.05) is 49.6 Å². The molecular weight excluding hydrogens is 258 g/mol. The molecule has 2 rings (SSSR count). The van der Waals surface area contributed by atoms with Gasteiger partial charge in [0.1, 0.15) is 6.61 Å². The smallest absolute Gasteiger partial charge is 0.220 e. The predicted octanol–water partition coefficient (Wildman–Crippen LogP) is 3.18. The molecule has 1 aromatic heterocycles. The quantitative estimate of drug-likeness (QED) is 0.851. The van der Waals surface area contributed by atoms with Gasteiger partial charge < -0.3 is 9.84 Å². The van der Waals surface area contributed by atoms with Crippen LogP contribution in [-0.4, -0.2) is 16.3 Å². The Labute approximate surface area is 117 Å². The fourth-order valence-electron chi connectivity index (χ4n) is 1.82. The molecular formula is C15H17NO2S. The number of aliphatic hydroxyl groups excluding tert-OH is 1. The summed E-state index contributed by atoms with van der Waals surface area (Å²) in [6.07, 6.45) is 1.98. The fraction of sp³-hybridized carbons (Fsp3) is 0.267. The van der Waals surface area contributed by atoms with E-state index in [4.69, 9.17) is 4.74 Å². The lowest BCUT2D eigenvalue weighted by Crippen LogP contribution is -2.03. The van der Waals surface area contributed by atoms with Crippen LogP contribution in [0.3, 0.4) is 0 Å². The minimum atomic E-state index is -0.0619. The molecule has 1 heterocycles. The molecule has 0 saturated carbocycles. The van der Waals surface area contributed by atoms with Crippen molar-refractivity contribution in [3.63, 3.8) is 0 Å². The number of aliphatic hydroxyl groups is 1. The molecule has 0 radical (unpaired) electrons. The lowest BCUT2D eigenvalue weighted by atomic mass is 10.2. The molecule has 0 aliphatic rings. The maximum atomic E-state index is 9.49. The first kappa shape index (κ1) is 13.9. The van der Waals surface area contributed by atoms with Gasteiger partial charge in [0, 0.05) is 10.6 Å². The number of pyridine rings is 1. The number of hydrogen-bond acceptors (Lipinski definition) is 4. The molecule has 0 aliphatic heterocycles. The van der Waals surface area contributed by atoms with E-state index in [0.717, 1.165) is 21.7 Å². The Hall–Kier alpha value is -1.52. The van der Waals surface area contributed by atoms with E-state index in [9.17, 15) is 5.11 Å². The van der Waals surface area contributed by atoms with Crippen molar-refractivity contribution in [3.8, 4) is 5.88 Å². The van der Waals surface area contributed by atoms with Gasteiger partial charge in [-0.1, -0.05) is 30.3 Å².